The average Bonchev–Trinajstić information content (AvgIpc) is 2.25. The van der Waals surface area contributed by atoms with Gasteiger partial charge in [0.15, 0.2) is 0 Å². The quantitative estimate of drug-likeness (QED) is 0.335. The first-order chi connectivity index (χ1) is 7.24. The second-order valence-electron chi connectivity index (χ2n) is 3.21. The summed E-state index contributed by atoms with van der Waals surface area (Å²) in [5.41, 5.74) is 5.72. The van der Waals surface area contributed by atoms with Gasteiger partial charge < -0.3 is 5.73 Å². The highest BCUT2D eigenvalue weighted by molar-refractivity contribution is 7.99. The molecule has 0 saturated heterocycles. The molecule has 1 rings (SSSR count). The fourth-order valence-corrected chi connectivity index (χ4v) is 1.87. The molecule has 15 heavy (non-hydrogen) atoms. The molecular formula is C10H16N4S. The van der Waals surface area contributed by atoms with Crippen LogP contribution in [0.2, 0.25) is 0 Å². The van der Waals surface area contributed by atoms with Crippen LogP contribution < -0.4 is 5.73 Å². The fraction of sp³-hybridized carbons (Fsp3) is 0.500. The van der Waals surface area contributed by atoms with Gasteiger partial charge >= 0.3 is 0 Å². The van der Waals surface area contributed by atoms with Crippen LogP contribution in [-0.2, 0) is 0 Å². The molecule has 3 N–H and O–H groups in total. The van der Waals surface area contributed by atoms with Gasteiger partial charge in [-0.1, -0.05) is 19.8 Å². The molecule has 0 aliphatic heterocycles. The van der Waals surface area contributed by atoms with Crippen LogP contribution in [-0.4, -0.2) is 21.6 Å². The van der Waals surface area contributed by atoms with Crippen LogP contribution in [0.5, 0.6) is 0 Å². The number of nitrogens with zero attached hydrogens (tertiary/aromatic N) is 2. The lowest BCUT2D eigenvalue weighted by atomic mass is 10.3. The Kier molecular flexibility index (Phi) is 5.10. The normalized spacial score (nSPS) is 10.2. The molecule has 0 aliphatic rings. The summed E-state index contributed by atoms with van der Waals surface area (Å²) in [6, 6.07) is 0. The van der Waals surface area contributed by atoms with E-state index in [9.17, 15) is 0 Å². The number of thioether (sulfide) groups is 1. The maximum Gasteiger partial charge on any atom is 0.143 e. The van der Waals surface area contributed by atoms with E-state index in [4.69, 9.17) is 11.1 Å². The Balaban J connectivity index is 2.39. The Morgan fingerprint density at radius 1 is 1.40 bits per heavy atom. The van der Waals surface area contributed by atoms with Gasteiger partial charge in [-0.15, -0.1) is 11.8 Å². The van der Waals surface area contributed by atoms with E-state index in [-0.39, 0.29) is 5.84 Å². The van der Waals surface area contributed by atoms with E-state index >= 15 is 0 Å². The summed E-state index contributed by atoms with van der Waals surface area (Å²) in [5.74, 6) is 1.03. The van der Waals surface area contributed by atoms with Gasteiger partial charge in [0.25, 0.3) is 0 Å². The number of aromatic nitrogens is 2. The first-order valence-electron chi connectivity index (χ1n) is 5.03. The molecule has 82 valence electrons. The summed E-state index contributed by atoms with van der Waals surface area (Å²) in [7, 11) is 0. The maximum absolute atomic E-state index is 7.17. The van der Waals surface area contributed by atoms with Gasteiger partial charge in [-0.2, -0.15) is 0 Å². The van der Waals surface area contributed by atoms with Crippen molar-refractivity contribution in [2.45, 2.75) is 31.2 Å². The summed E-state index contributed by atoms with van der Waals surface area (Å²) in [6.45, 7) is 2.19. The SMILES string of the molecule is CCCCCSc1cnc(C(=N)N)cn1. The van der Waals surface area contributed by atoms with Crippen LogP contribution in [0.4, 0.5) is 0 Å². The van der Waals surface area contributed by atoms with E-state index in [1.54, 1.807) is 24.2 Å². The zero-order valence-corrected chi connectivity index (χ0v) is 9.68. The number of nitrogen functional groups attached to an aromatic ring is 1. The van der Waals surface area contributed by atoms with Crippen LogP contribution in [0.25, 0.3) is 0 Å². The van der Waals surface area contributed by atoms with Crippen LogP contribution in [0, 0.1) is 5.41 Å². The van der Waals surface area contributed by atoms with E-state index in [0.29, 0.717) is 5.69 Å². The molecule has 0 fully saturated rings. The summed E-state index contributed by atoms with van der Waals surface area (Å²) >= 11 is 1.70. The molecule has 0 aliphatic carbocycles. The molecule has 0 spiro atoms. The molecule has 4 nitrogen and oxygen atoms in total. The molecule has 0 bridgehead atoms. The Morgan fingerprint density at radius 2 is 2.20 bits per heavy atom. The van der Waals surface area contributed by atoms with Crippen LogP contribution in [0.15, 0.2) is 17.4 Å². The third-order valence-corrected chi connectivity index (χ3v) is 2.90. The summed E-state index contributed by atoms with van der Waals surface area (Å²) < 4.78 is 0. The third-order valence-electron chi connectivity index (χ3n) is 1.90. The molecule has 1 heterocycles. The van der Waals surface area contributed by atoms with Crippen molar-refractivity contribution in [3.63, 3.8) is 0 Å². The number of unbranched alkanes of at least 4 members (excludes halogenated alkanes) is 2. The van der Waals surface area contributed by atoms with Crippen LogP contribution in [0.3, 0.4) is 0 Å². The van der Waals surface area contributed by atoms with Crippen molar-refractivity contribution in [1.82, 2.24) is 9.97 Å². The van der Waals surface area contributed by atoms with Crippen molar-refractivity contribution in [2.24, 2.45) is 5.73 Å². The Bertz CT molecular complexity index is 310. The van der Waals surface area contributed by atoms with E-state index in [1.165, 1.54) is 19.3 Å². The highest BCUT2D eigenvalue weighted by atomic mass is 32.2. The molecule has 1 aromatic rings. The lowest BCUT2D eigenvalue weighted by Crippen LogP contribution is -2.13. The van der Waals surface area contributed by atoms with Gasteiger partial charge in [0.2, 0.25) is 0 Å². The monoisotopic (exact) mass is 224 g/mol. The molecule has 5 heteroatoms. The third kappa shape index (κ3) is 4.29. The predicted octanol–water partition coefficient (Wildman–Crippen LogP) is 2.04. The first kappa shape index (κ1) is 12.0. The average molecular weight is 224 g/mol. The van der Waals surface area contributed by atoms with Gasteiger partial charge in [-0.25, -0.2) is 9.97 Å². The van der Waals surface area contributed by atoms with E-state index in [0.717, 1.165) is 10.8 Å². The first-order valence-corrected chi connectivity index (χ1v) is 6.02. The van der Waals surface area contributed by atoms with Gasteiger partial charge in [-0.3, -0.25) is 5.41 Å². The second kappa shape index (κ2) is 6.40. The molecule has 1 aromatic heterocycles. The molecule has 0 saturated carbocycles. The van der Waals surface area contributed by atoms with E-state index in [1.807, 2.05) is 0 Å². The molecular weight excluding hydrogens is 208 g/mol. The number of rotatable bonds is 6. The van der Waals surface area contributed by atoms with E-state index in [2.05, 4.69) is 16.9 Å². The number of hydrogen-bond donors (Lipinski definition) is 2. The molecule has 0 atom stereocenters. The van der Waals surface area contributed by atoms with Crippen molar-refractivity contribution in [2.75, 3.05) is 5.75 Å². The van der Waals surface area contributed by atoms with Crippen molar-refractivity contribution < 1.29 is 0 Å². The second-order valence-corrected chi connectivity index (χ2v) is 4.32. The standard InChI is InChI=1S/C10H16N4S/c1-2-3-4-5-15-9-7-13-8(6-14-9)10(11)12/h6-7H,2-5H2,1H3,(H3,11,12). The highest BCUT2D eigenvalue weighted by Crippen LogP contribution is 2.15. The van der Waals surface area contributed by atoms with Crippen LogP contribution >= 0.6 is 11.8 Å². The lowest BCUT2D eigenvalue weighted by Gasteiger charge is -2.00. The number of hydrogen-bond acceptors (Lipinski definition) is 4. The summed E-state index contributed by atoms with van der Waals surface area (Å²) in [5, 5.41) is 8.07. The van der Waals surface area contributed by atoms with Gasteiger partial charge in [0.1, 0.15) is 16.6 Å². The smallest absolute Gasteiger partial charge is 0.143 e. The summed E-state index contributed by atoms with van der Waals surface area (Å²) in [6.07, 6.45) is 6.91. The largest absolute Gasteiger partial charge is 0.382 e. The number of nitrogens with one attached hydrogen (secondary N) is 1. The number of nitrogens with two attached hydrogens (primary N) is 1. The van der Waals surface area contributed by atoms with Crippen molar-refractivity contribution in [3.05, 3.63) is 18.1 Å². The molecule has 0 unspecified atom stereocenters. The predicted molar refractivity (Wildman–Crippen MR) is 63.3 cm³/mol. The number of amidine groups is 1. The Labute approximate surface area is 94.2 Å². The maximum atomic E-state index is 7.17. The zero-order valence-electron chi connectivity index (χ0n) is 8.86. The topological polar surface area (TPSA) is 75.7 Å². The molecule has 0 amide bonds. The van der Waals surface area contributed by atoms with E-state index < -0.39 is 0 Å². The molecule has 0 aromatic carbocycles. The minimum atomic E-state index is -0.0370. The lowest BCUT2D eigenvalue weighted by molar-refractivity contribution is 0.778. The van der Waals surface area contributed by atoms with Gasteiger partial charge in [0, 0.05) is 0 Å². The Morgan fingerprint density at radius 3 is 2.73 bits per heavy atom. The van der Waals surface area contributed by atoms with Crippen molar-refractivity contribution >= 4 is 17.6 Å². The Hall–Kier alpha value is -1.10. The zero-order chi connectivity index (χ0) is 11.1. The van der Waals surface area contributed by atoms with Gasteiger partial charge in [0.05, 0.1) is 12.4 Å². The van der Waals surface area contributed by atoms with Crippen molar-refractivity contribution in [1.29, 1.82) is 5.41 Å². The highest BCUT2D eigenvalue weighted by Gasteiger charge is 2.00. The minimum Gasteiger partial charge on any atom is -0.382 e. The molecule has 0 radical (unpaired) electrons. The van der Waals surface area contributed by atoms with Crippen molar-refractivity contribution in [3.8, 4) is 0 Å². The van der Waals surface area contributed by atoms with Crippen LogP contribution in [0.1, 0.15) is 31.9 Å². The van der Waals surface area contributed by atoms with Gasteiger partial charge in [-0.05, 0) is 12.2 Å². The fourth-order valence-electron chi connectivity index (χ4n) is 1.06. The summed E-state index contributed by atoms with van der Waals surface area (Å²) in [4.78, 5) is 8.22. The minimum absolute atomic E-state index is 0.0370.